The Morgan fingerprint density at radius 3 is 2.78 bits per heavy atom. The Morgan fingerprint density at radius 1 is 1.33 bits per heavy atom. The molecule has 0 aliphatic heterocycles. The van der Waals surface area contributed by atoms with E-state index < -0.39 is 0 Å². The molecular formula is C13H19BrN4. The van der Waals surface area contributed by atoms with E-state index in [1.54, 1.807) is 0 Å². The first-order valence-corrected chi connectivity index (χ1v) is 7.54. The Hall–Kier alpha value is -1.10. The molecule has 0 fully saturated rings. The average Bonchev–Trinajstić information content (AvgIpc) is 2.87. The molecule has 0 unspecified atom stereocenters. The van der Waals surface area contributed by atoms with Gasteiger partial charge in [0.15, 0.2) is 5.82 Å². The van der Waals surface area contributed by atoms with Crippen LogP contribution in [0.15, 0.2) is 24.7 Å². The van der Waals surface area contributed by atoms with Gasteiger partial charge in [0.2, 0.25) is 0 Å². The van der Waals surface area contributed by atoms with E-state index in [1.165, 1.54) is 0 Å². The molecule has 0 saturated carbocycles. The summed E-state index contributed by atoms with van der Waals surface area (Å²) < 4.78 is 1.88. The second-order valence-corrected chi connectivity index (χ2v) is 5.06. The largest absolute Gasteiger partial charge is 0.351 e. The van der Waals surface area contributed by atoms with Crippen LogP contribution in [-0.2, 0) is 0 Å². The maximum absolute atomic E-state index is 4.56. The predicted octanol–water partition coefficient (Wildman–Crippen LogP) is 3.12. The van der Waals surface area contributed by atoms with Crippen LogP contribution in [0.4, 0.5) is 5.82 Å². The third-order valence-corrected chi connectivity index (χ3v) is 3.64. The molecule has 4 nitrogen and oxygen atoms in total. The van der Waals surface area contributed by atoms with E-state index >= 15 is 0 Å². The second-order valence-electron chi connectivity index (χ2n) is 4.26. The van der Waals surface area contributed by atoms with Gasteiger partial charge in [0.25, 0.3) is 0 Å². The Morgan fingerprint density at radius 2 is 2.11 bits per heavy atom. The molecule has 0 aliphatic rings. The third-order valence-electron chi connectivity index (χ3n) is 3.28. The standard InChI is InChI=1S/C13H19BrN4/c1-3-11(4-2)17(9-6-14)13-12-5-7-16-18(12)10-8-15-13/h5,7-8,10-11H,3-4,6,9H2,1-2H3. The van der Waals surface area contributed by atoms with Gasteiger partial charge in [-0.3, -0.25) is 0 Å². The van der Waals surface area contributed by atoms with Crippen LogP contribution in [0.1, 0.15) is 26.7 Å². The van der Waals surface area contributed by atoms with E-state index in [0.717, 1.165) is 36.1 Å². The number of hydrogen-bond acceptors (Lipinski definition) is 3. The Labute approximate surface area is 116 Å². The van der Waals surface area contributed by atoms with E-state index in [0.29, 0.717) is 6.04 Å². The van der Waals surface area contributed by atoms with E-state index in [9.17, 15) is 0 Å². The smallest absolute Gasteiger partial charge is 0.154 e. The van der Waals surface area contributed by atoms with Gasteiger partial charge in [-0.2, -0.15) is 5.10 Å². The summed E-state index contributed by atoms with van der Waals surface area (Å²) in [6.45, 7) is 5.42. The fourth-order valence-electron chi connectivity index (χ4n) is 2.35. The van der Waals surface area contributed by atoms with Crippen molar-refractivity contribution >= 4 is 27.3 Å². The van der Waals surface area contributed by atoms with Crippen molar-refractivity contribution in [1.29, 1.82) is 0 Å². The maximum atomic E-state index is 4.56. The van der Waals surface area contributed by atoms with E-state index in [4.69, 9.17) is 0 Å². The maximum Gasteiger partial charge on any atom is 0.154 e. The molecule has 0 spiro atoms. The number of aromatic nitrogens is 3. The topological polar surface area (TPSA) is 33.4 Å². The van der Waals surface area contributed by atoms with Crippen LogP contribution >= 0.6 is 15.9 Å². The highest BCUT2D eigenvalue weighted by Gasteiger charge is 2.18. The summed E-state index contributed by atoms with van der Waals surface area (Å²) in [4.78, 5) is 6.94. The van der Waals surface area contributed by atoms with E-state index in [2.05, 4.69) is 44.8 Å². The highest BCUT2D eigenvalue weighted by Crippen LogP contribution is 2.23. The molecule has 0 aliphatic carbocycles. The molecule has 0 amide bonds. The van der Waals surface area contributed by atoms with Crippen LogP contribution < -0.4 is 4.90 Å². The van der Waals surface area contributed by atoms with Crippen molar-refractivity contribution in [2.45, 2.75) is 32.7 Å². The zero-order valence-corrected chi connectivity index (χ0v) is 12.5. The SMILES string of the molecule is CCC(CC)N(CCBr)c1nccn2nccc12. The van der Waals surface area contributed by atoms with Gasteiger partial charge in [0.05, 0.1) is 6.20 Å². The minimum Gasteiger partial charge on any atom is -0.351 e. The summed E-state index contributed by atoms with van der Waals surface area (Å²) in [6.07, 6.45) is 7.78. The van der Waals surface area contributed by atoms with Gasteiger partial charge < -0.3 is 4.90 Å². The molecule has 0 bridgehead atoms. The van der Waals surface area contributed by atoms with Crippen molar-refractivity contribution in [3.63, 3.8) is 0 Å². The Balaban J connectivity index is 2.43. The van der Waals surface area contributed by atoms with Gasteiger partial charge in [-0.15, -0.1) is 0 Å². The monoisotopic (exact) mass is 310 g/mol. The molecule has 0 aromatic carbocycles. The van der Waals surface area contributed by atoms with E-state index in [-0.39, 0.29) is 0 Å². The summed E-state index contributed by atoms with van der Waals surface area (Å²) in [5, 5.41) is 5.22. The molecular weight excluding hydrogens is 292 g/mol. The third kappa shape index (κ3) is 2.51. The summed E-state index contributed by atoms with van der Waals surface area (Å²) in [5.41, 5.74) is 1.07. The lowest BCUT2D eigenvalue weighted by atomic mass is 10.1. The number of rotatable bonds is 6. The number of fused-ring (bicyclic) bond motifs is 1. The lowest BCUT2D eigenvalue weighted by Crippen LogP contribution is -2.37. The summed E-state index contributed by atoms with van der Waals surface area (Å²) in [5.74, 6) is 1.03. The first-order chi connectivity index (χ1) is 8.81. The molecule has 0 atom stereocenters. The second kappa shape index (κ2) is 6.18. The lowest BCUT2D eigenvalue weighted by Gasteiger charge is -2.31. The summed E-state index contributed by atoms with van der Waals surface area (Å²) in [7, 11) is 0. The van der Waals surface area contributed by atoms with Crippen molar-refractivity contribution in [2.75, 3.05) is 16.8 Å². The summed E-state index contributed by atoms with van der Waals surface area (Å²) in [6, 6.07) is 2.54. The molecule has 0 radical (unpaired) electrons. The lowest BCUT2D eigenvalue weighted by molar-refractivity contribution is 0.564. The molecule has 2 aromatic rings. The van der Waals surface area contributed by atoms with Crippen LogP contribution in [0.2, 0.25) is 0 Å². The van der Waals surface area contributed by atoms with Crippen LogP contribution in [0.5, 0.6) is 0 Å². The number of nitrogens with zero attached hydrogens (tertiary/aromatic N) is 4. The highest BCUT2D eigenvalue weighted by atomic mass is 79.9. The first kappa shape index (κ1) is 13.3. The molecule has 5 heteroatoms. The van der Waals surface area contributed by atoms with Crippen molar-refractivity contribution in [2.24, 2.45) is 0 Å². The molecule has 0 N–H and O–H groups in total. The fourth-order valence-corrected chi connectivity index (χ4v) is 2.73. The van der Waals surface area contributed by atoms with Crippen molar-refractivity contribution in [3.05, 3.63) is 24.7 Å². The number of hydrogen-bond donors (Lipinski definition) is 0. The number of anilines is 1. The fraction of sp³-hybridized carbons (Fsp3) is 0.538. The zero-order chi connectivity index (χ0) is 13.0. The minimum absolute atomic E-state index is 0.524. The first-order valence-electron chi connectivity index (χ1n) is 6.42. The Bertz CT molecular complexity index is 492. The van der Waals surface area contributed by atoms with Crippen molar-refractivity contribution in [1.82, 2.24) is 14.6 Å². The van der Waals surface area contributed by atoms with Crippen LogP contribution in [0.25, 0.3) is 5.52 Å². The quantitative estimate of drug-likeness (QED) is 0.769. The zero-order valence-electron chi connectivity index (χ0n) is 10.9. The normalized spacial score (nSPS) is 11.3. The molecule has 98 valence electrons. The van der Waals surface area contributed by atoms with Gasteiger partial charge in [-0.25, -0.2) is 9.50 Å². The molecule has 18 heavy (non-hydrogen) atoms. The van der Waals surface area contributed by atoms with Crippen LogP contribution in [0.3, 0.4) is 0 Å². The minimum atomic E-state index is 0.524. The van der Waals surface area contributed by atoms with Gasteiger partial charge >= 0.3 is 0 Å². The van der Waals surface area contributed by atoms with Crippen molar-refractivity contribution < 1.29 is 0 Å². The van der Waals surface area contributed by atoms with Crippen LogP contribution in [0, 0.1) is 0 Å². The highest BCUT2D eigenvalue weighted by molar-refractivity contribution is 9.09. The summed E-state index contributed by atoms with van der Waals surface area (Å²) >= 11 is 3.54. The Kier molecular flexibility index (Phi) is 4.58. The molecule has 0 saturated heterocycles. The molecule has 2 rings (SSSR count). The number of halogens is 1. The van der Waals surface area contributed by atoms with Crippen LogP contribution in [-0.4, -0.2) is 32.5 Å². The van der Waals surface area contributed by atoms with Gasteiger partial charge in [-0.05, 0) is 18.9 Å². The van der Waals surface area contributed by atoms with Gasteiger partial charge in [-0.1, -0.05) is 29.8 Å². The number of alkyl halides is 1. The van der Waals surface area contributed by atoms with Gasteiger partial charge in [0.1, 0.15) is 5.52 Å². The van der Waals surface area contributed by atoms with E-state index in [1.807, 2.05) is 29.2 Å². The average molecular weight is 311 g/mol. The predicted molar refractivity (Wildman–Crippen MR) is 78.5 cm³/mol. The molecule has 2 heterocycles. The van der Waals surface area contributed by atoms with Crippen molar-refractivity contribution in [3.8, 4) is 0 Å². The van der Waals surface area contributed by atoms with Gasteiger partial charge in [0, 0.05) is 30.3 Å². The molecule has 2 aromatic heterocycles.